The van der Waals surface area contributed by atoms with E-state index in [1.165, 1.54) is 4.90 Å². The fourth-order valence-corrected chi connectivity index (χ4v) is 2.59. The van der Waals surface area contributed by atoms with Crippen LogP contribution in [0.15, 0.2) is 23.1 Å². The van der Waals surface area contributed by atoms with Crippen molar-refractivity contribution < 1.29 is 17.6 Å². The molecule has 112 valence electrons. The molecule has 0 spiro atoms. The molecule has 0 fully saturated rings. The van der Waals surface area contributed by atoms with Gasteiger partial charge in [-0.25, -0.2) is 12.8 Å². The summed E-state index contributed by atoms with van der Waals surface area (Å²) in [4.78, 5) is 13.4. The summed E-state index contributed by atoms with van der Waals surface area (Å²) in [7, 11) is 1.11. The fraction of sp³-hybridized carbons (Fsp3) is 0.462. The van der Waals surface area contributed by atoms with Crippen LogP contribution in [0.5, 0.6) is 0 Å². The highest BCUT2D eigenvalue weighted by Gasteiger charge is 2.20. The van der Waals surface area contributed by atoms with Crippen LogP contribution in [0, 0.1) is 11.7 Å². The van der Waals surface area contributed by atoms with E-state index in [0.717, 1.165) is 18.2 Å². The smallest absolute Gasteiger partial charge is 0.261 e. The van der Waals surface area contributed by atoms with Crippen molar-refractivity contribution in [3.05, 3.63) is 29.6 Å². The molecule has 0 saturated carbocycles. The third kappa shape index (κ3) is 4.45. The quantitative estimate of drug-likeness (QED) is 0.784. The van der Waals surface area contributed by atoms with E-state index in [4.69, 9.17) is 10.7 Å². The van der Waals surface area contributed by atoms with Crippen LogP contribution < -0.4 is 0 Å². The van der Waals surface area contributed by atoms with Crippen LogP contribution >= 0.6 is 10.7 Å². The summed E-state index contributed by atoms with van der Waals surface area (Å²) in [6.45, 7) is 6.68. The first-order valence-electron chi connectivity index (χ1n) is 6.19. The van der Waals surface area contributed by atoms with Crippen molar-refractivity contribution in [2.45, 2.75) is 25.7 Å². The molecule has 1 amide bonds. The number of hydrogen-bond acceptors (Lipinski definition) is 3. The summed E-state index contributed by atoms with van der Waals surface area (Å²) in [6, 6.07) is 2.89. The second kappa shape index (κ2) is 6.54. The van der Waals surface area contributed by atoms with Gasteiger partial charge in [-0.3, -0.25) is 4.79 Å². The summed E-state index contributed by atoms with van der Waals surface area (Å²) in [6.07, 6.45) is 0. The molecule has 0 atom stereocenters. The second-order valence-electron chi connectivity index (χ2n) is 4.85. The summed E-state index contributed by atoms with van der Waals surface area (Å²) in [5.74, 6) is -0.971. The van der Waals surface area contributed by atoms with Gasteiger partial charge >= 0.3 is 0 Å². The molecule has 4 nitrogen and oxygen atoms in total. The maximum atomic E-state index is 13.5. The first-order valence-corrected chi connectivity index (χ1v) is 8.50. The maximum absolute atomic E-state index is 13.5. The third-order valence-electron chi connectivity index (χ3n) is 2.65. The molecular formula is C13H17ClFNO3S. The molecule has 20 heavy (non-hydrogen) atoms. The summed E-state index contributed by atoms with van der Waals surface area (Å²) >= 11 is 0. The van der Waals surface area contributed by atoms with Gasteiger partial charge in [-0.15, -0.1) is 0 Å². The van der Waals surface area contributed by atoms with Crippen LogP contribution in [0.1, 0.15) is 31.1 Å². The molecular weight excluding hydrogens is 305 g/mol. The lowest BCUT2D eigenvalue weighted by atomic mass is 10.1. The Balaban J connectivity index is 3.19. The molecule has 0 heterocycles. The van der Waals surface area contributed by atoms with Gasteiger partial charge in [0.1, 0.15) is 5.82 Å². The molecule has 0 unspecified atom stereocenters. The number of nitrogens with zero attached hydrogens (tertiary/aromatic N) is 1. The Morgan fingerprint density at radius 2 is 1.95 bits per heavy atom. The first-order chi connectivity index (χ1) is 9.15. The standard InChI is InChI=1S/C13H17ClFNO3S/c1-4-16(8-9(2)3)13(17)10-5-11(15)7-12(6-10)20(14,18)19/h5-7,9H,4,8H2,1-3H3. The number of carbonyl (C=O) groups excluding carboxylic acids is 1. The summed E-state index contributed by atoms with van der Waals surface area (Å²) in [5, 5.41) is 0. The molecule has 0 aliphatic carbocycles. The van der Waals surface area contributed by atoms with Gasteiger partial charge in [0.25, 0.3) is 15.0 Å². The predicted molar refractivity (Wildman–Crippen MR) is 75.9 cm³/mol. The van der Waals surface area contributed by atoms with Crippen molar-refractivity contribution in [1.29, 1.82) is 0 Å². The lowest BCUT2D eigenvalue weighted by molar-refractivity contribution is 0.0745. The van der Waals surface area contributed by atoms with E-state index < -0.39 is 25.7 Å². The van der Waals surface area contributed by atoms with Crippen LogP contribution in [0.2, 0.25) is 0 Å². The number of amides is 1. The van der Waals surface area contributed by atoms with Crippen LogP contribution in [0.4, 0.5) is 4.39 Å². The van der Waals surface area contributed by atoms with Crippen LogP contribution in [-0.2, 0) is 9.05 Å². The van der Waals surface area contributed by atoms with E-state index in [9.17, 15) is 17.6 Å². The minimum atomic E-state index is -4.08. The van der Waals surface area contributed by atoms with Crippen LogP contribution in [0.3, 0.4) is 0 Å². The van der Waals surface area contributed by atoms with Gasteiger partial charge in [-0.1, -0.05) is 13.8 Å². The number of hydrogen-bond donors (Lipinski definition) is 0. The van der Waals surface area contributed by atoms with Gasteiger partial charge in [0, 0.05) is 29.3 Å². The Labute approximate surface area is 123 Å². The van der Waals surface area contributed by atoms with Gasteiger partial charge in [-0.05, 0) is 31.0 Å². The van der Waals surface area contributed by atoms with Gasteiger partial charge < -0.3 is 4.90 Å². The van der Waals surface area contributed by atoms with Crippen molar-refractivity contribution in [3.8, 4) is 0 Å². The Bertz CT molecular complexity index is 602. The van der Waals surface area contributed by atoms with Gasteiger partial charge in [0.15, 0.2) is 0 Å². The largest absolute Gasteiger partial charge is 0.339 e. The molecule has 1 rings (SSSR count). The Hall–Kier alpha value is -1.14. The van der Waals surface area contributed by atoms with E-state index in [0.29, 0.717) is 13.1 Å². The van der Waals surface area contributed by atoms with Crippen molar-refractivity contribution in [2.75, 3.05) is 13.1 Å². The topological polar surface area (TPSA) is 54.5 Å². The SMILES string of the molecule is CCN(CC(C)C)C(=O)c1cc(F)cc(S(=O)(=O)Cl)c1. The van der Waals surface area contributed by atoms with Crippen LogP contribution in [0.25, 0.3) is 0 Å². The second-order valence-corrected chi connectivity index (χ2v) is 7.42. The Morgan fingerprint density at radius 3 is 2.40 bits per heavy atom. The van der Waals surface area contributed by atoms with E-state index in [1.807, 2.05) is 13.8 Å². The zero-order valence-corrected chi connectivity index (χ0v) is 13.1. The molecule has 0 saturated heterocycles. The first kappa shape index (κ1) is 16.9. The van der Waals surface area contributed by atoms with Gasteiger partial charge in [-0.2, -0.15) is 0 Å². The monoisotopic (exact) mass is 321 g/mol. The third-order valence-corrected chi connectivity index (χ3v) is 3.99. The highest BCUT2D eigenvalue weighted by molar-refractivity contribution is 8.13. The number of carbonyl (C=O) groups is 1. The zero-order valence-electron chi connectivity index (χ0n) is 11.6. The van der Waals surface area contributed by atoms with E-state index in [-0.39, 0.29) is 11.5 Å². The minimum Gasteiger partial charge on any atom is -0.339 e. The van der Waals surface area contributed by atoms with Crippen molar-refractivity contribution in [3.63, 3.8) is 0 Å². The van der Waals surface area contributed by atoms with E-state index in [2.05, 4.69) is 0 Å². The fourth-order valence-electron chi connectivity index (χ4n) is 1.81. The number of halogens is 2. The average Bonchev–Trinajstić information content (AvgIpc) is 2.33. The lowest BCUT2D eigenvalue weighted by Crippen LogP contribution is -2.34. The predicted octanol–water partition coefficient (Wildman–Crippen LogP) is 2.87. The Morgan fingerprint density at radius 1 is 1.35 bits per heavy atom. The summed E-state index contributed by atoms with van der Waals surface area (Å²) in [5.41, 5.74) is -0.0216. The molecule has 0 radical (unpaired) electrons. The van der Waals surface area contributed by atoms with Gasteiger partial charge in [0.05, 0.1) is 4.90 Å². The van der Waals surface area contributed by atoms with Crippen LogP contribution in [-0.4, -0.2) is 32.3 Å². The maximum Gasteiger partial charge on any atom is 0.261 e. The van der Waals surface area contributed by atoms with Gasteiger partial charge in [0.2, 0.25) is 0 Å². The molecule has 7 heteroatoms. The lowest BCUT2D eigenvalue weighted by Gasteiger charge is -2.23. The normalized spacial score (nSPS) is 11.7. The van der Waals surface area contributed by atoms with Crippen molar-refractivity contribution in [1.82, 2.24) is 4.90 Å². The molecule has 0 aliphatic rings. The zero-order chi connectivity index (χ0) is 15.5. The highest BCUT2D eigenvalue weighted by atomic mass is 35.7. The van der Waals surface area contributed by atoms with E-state index in [1.54, 1.807) is 6.92 Å². The molecule has 0 bridgehead atoms. The number of benzene rings is 1. The average molecular weight is 322 g/mol. The van der Waals surface area contributed by atoms with Crippen molar-refractivity contribution >= 4 is 25.6 Å². The minimum absolute atomic E-state index is 0.0216. The molecule has 0 N–H and O–H groups in total. The molecule has 0 aromatic heterocycles. The highest BCUT2D eigenvalue weighted by Crippen LogP contribution is 2.19. The summed E-state index contributed by atoms with van der Waals surface area (Å²) < 4.78 is 36.0. The van der Waals surface area contributed by atoms with E-state index >= 15 is 0 Å². The number of rotatable bonds is 5. The Kier molecular flexibility index (Phi) is 5.53. The molecule has 1 aromatic carbocycles. The molecule has 1 aromatic rings. The van der Waals surface area contributed by atoms with Crippen molar-refractivity contribution in [2.24, 2.45) is 5.92 Å². The molecule has 0 aliphatic heterocycles.